The number of rotatable bonds is 8. The van der Waals surface area contributed by atoms with E-state index in [4.69, 9.17) is 4.55 Å². The first-order chi connectivity index (χ1) is 14.2. The highest BCUT2D eigenvalue weighted by molar-refractivity contribution is 7.85. The van der Waals surface area contributed by atoms with Crippen LogP contribution in [0.15, 0.2) is 33.9 Å². The Morgan fingerprint density at radius 1 is 0.967 bits per heavy atom. The molecule has 0 aliphatic rings. The topological polar surface area (TPSA) is 208 Å². The zero-order valence-electron chi connectivity index (χ0n) is 15.5. The van der Waals surface area contributed by atoms with E-state index in [0.717, 1.165) is 0 Å². The Morgan fingerprint density at radius 3 is 2.33 bits per heavy atom. The van der Waals surface area contributed by atoms with Gasteiger partial charge in [-0.1, -0.05) is 6.07 Å². The summed E-state index contributed by atoms with van der Waals surface area (Å²) in [6.07, 6.45) is 0. The van der Waals surface area contributed by atoms with Gasteiger partial charge in [-0.05, 0) is 25.1 Å². The average molecular weight is 435 g/mol. The number of hydrogen-bond acceptors (Lipinski definition) is 11. The fourth-order valence-corrected chi connectivity index (χ4v) is 2.66. The molecule has 0 bridgehead atoms. The van der Waals surface area contributed by atoms with Gasteiger partial charge >= 0.3 is 11.4 Å². The van der Waals surface area contributed by atoms with Crippen molar-refractivity contribution in [1.29, 1.82) is 0 Å². The fraction of sp³-hybridized carbons (Fsp3) is 0.200. The molecule has 6 N–H and O–H groups in total. The van der Waals surface area contributed by atoms with Gasteiger partial charge in [0.1, 0.15) is 5.82 Å². The van der Waals surface area contributed by atoms with Crippen molar-refractivity contribution in [3.05, 3.63) is 51.1 Å². The normalized spacial score (nSPS) is 11.1. The summed E-state index contributed by atoms with van der Waals surface area (Å²) in [5.74, 6) is -0.117. The van der Waals surface area contributed by atoms with Gasteiger partial charge in [0.2, 0.25) is 17.8 Å². The lowest BCUT2D eigenvalue weighted by Gasteiger charge is -2.10. The maximum atomic E-state index is 11.7. The molecule has 0 atom stereocenters. The van der Waals surface area contributed by atoms with E-state index in [2.05, 4.69) is 45.9 Å². The van der Waals surface area contributed by atoms with Crippen molar-refractivity contribution in [3.8, 4) is 0 Å². The Kier molecular flexibility index (Phi) is 6.03. The molecule has 2 heterocycles. The Hall–Kier alpha value is -3.85. The molecule has 3 aromatic rings. The van der Waals surface area contributed by atoms with Crippen LogP contribution in [-0.2, 0) is 10.1 Å². The number of nitrogens with zero attached hydrogens (tertiary/aromatic N) is 4. The van der Waals surface area contributed by atoms with E-state index >= 15 is 0 Å². The summed E-state index contributed by atoms with van der Waals surface area (Å²) in [4.78, 5) is 43.4. The molecular weight excluding hydrogens is 418 g/mol. The molecule has 0 unspecified atom stereocenters. The second kappa shape index (κ2) is 8.66. The highest BCUT2D eigenvalue weighted by Gasteiger charge is 2.08. The molecule has 1 aromatic carbocycles. The third-order valence-electron chi connectivity index (χ3n) is 3.44. The second-order valence-corrected chi connectivity index (χ2v) is 7.50. The first kappa shape index (κ1) is 20.9. The quantitative estimate of drug-likeness (QED) is 0.253. The molecule has 3 rings (SSSR count). The molecule has 30 heavy (non-hydrogen) atoms. The molecule has 0 radical (unpaired) electrons. The Bertz CT molecular complexity index is 1270. The summed E-state index contributed by atoms with van der Waals surface area (Å²) in [7, 11) is -4.16. The highest BCUT2D eigenvalue weighted by atomic mass is 32.2. The van der Waals surface area contributed by atoms with Crippen LogP contribution in [0.1, 0.15) is 5.82 Å². The number of nitrogens with one attached hydrogen (secondary N) is 5. The van der Waals surface area contributed by atoms with Gasteiger partial charge in [-0.15, -0.1) is 0 Å². The fourth-order valence-electron chi connectivity index (χ4n) is 2.30. The van der Waals surface area contributed by atoms with E-state index in [-0.39, 0.29) is 24.4 Å². The molecule has 0 aliphatic heterocycles. The van der Waals surface area contributed by atoms with Gasteiger partial charge < -0.3 is 16.0 Å². The Labute approximate surface area is 169 Å². The van der Waals surface area contributed by atoms with E-state index in [1.165, 1.54) is 0 Å². The zero-order valence-corrected chi connectivity index (χ0v) is 16.3. The molecule has 0 spiro atoms. The first-order valence-electron chi connectivity index (χ1n) is 8.43. The third kappa shape index (κ3) is 6.35. The van der Waals surface area contributed by atoms with Crippen LogP contribution in [0, 0.1) is 6.92 Å². The van der Waals surface area contributed by atoms with Gasteiger partial charge in [0.05, 0.1) is 5.75 Å². The summed E-state index contributed by atoms with van der Waals surface area (Å²) < 4.78 is 30.3. The predicted octanol–water partition coefficient (Wildman–Crippen LogP) is -0.261. The van der Waals surface area contributed by atoms with Crippen LogP contribution in [0.25, 0.3) is 0 Å². The summed E-state index contributed by atoms with van der Waals surface area (Å²) in [6, 6.07) is 6.78. The van der Waals surface area contributed by atoms with Gasteiger partial charge in [-0.3, -0.25) is 14.5 Å². The predicted molar refractivity (Wildman–Crippen MR) is 108 cm³/mol. The van der Waals surface area contributed by atoms with Crippen LogP contribution in [0.5, 0.6) is 0 Å². The molecule has 0 amide bonds. The van der Waals surface area contributed by atoms with Crippen molar-refractivity contribution in [3.63, 3.8) is 0 Å². The van der Waals surface area contributed by atoms with Gasteiger partial charge in [0.15, 0.2) is 0 Å². The Morgan fingerprint density at radius 2 is 1.63 bits per heavy atom. The molecule has 2 aromatic heterocycles. The van der Waals surface area contributed by atoms with Crippen molar-refractivity contribution in [1.82, 2.24) is 29.9 Å². The number of anilines is 5. The largest absolute Gasteiger partial charge is 0.353 e. The van der Waals surface area contributed by atoms with Crippen LogP contribution in [0.2, 0.25) is 0 Å². The summed E-state index contributed by atoms with van der Waals surface area (Å²) in [6.45, 7) is 1.44. The smallest absolute Gasteiger partial charge is 0.351 e. The van der Waals surface area contributed by atoms with Crippen LogP contribution in [-0.4, -0.2) is 55.2 Å². The lowest BCUT2D eigenvalue weighted by Crippen LogP contribution is -2.21. The summed E-state index contributed by atoms with van der Waals surface area (Å²) >= 11 is 0. The van der Waals surface area contributed by atoms with E-state index in [1.54, 1.807) is 31.2 Å². The molecule has 0 aliphatic carbocycles. The van der Waals surface area contributed by atoms with Crippen LogP contribution in [0.3, 0.4) is 0 Å². The van der Waals surface area contributed by atoms with Crippen LogP contribution in [0.4, 0.5) is 29.2 Å². The van der Waals surface area contributed by atoms with Crippen LogP contribution >= 0.6 is 0 Å². The van der Waals surface area contributed by atoms with Gasteiger partial charge in [-0.2, -0.15) is 28.4 Å². The minimum absolute atomic E-state index is 0.0461. The molecule has 0 fully saturated rings. The van der Waals surface area contributed by atoms with E-state index in [1.807, 2.05) is 0 Å². The molecule has 14 nitrogen and oxygen atoms in total. The highest BCUT2D eigenvalue weighted by Crippen LogP contribution is 2.19. The maximum absolute atomic E-state index is 11.7. The van der Waals surface area contributed by atoms with Crippen molar-refractivity contribution in [2.75, 3.05) is 28.2 Å². The van der Waals surface area contributed by atoms with Crippen LogP contribution < -0.4 is 27.3 Å². The van der Waals surface area contributed by atoms with Gasteiger partial charge in [0, 0.05) is 17.9 Å². The third-order valence-corrected chi connectivity index (χ3v) is 4.16. The number of benzene rings is 1. The minimum Gasteiger partial charge on any atom is -0.353 e. The molecular formula is C15H17N9O5S. The Balaban J connectivity index is 1.74. The van der Waals surface area contributed by atoms with E-state index < -0.39 is 27.3 Å². The van der Waals surface area contributed by atoms with Crippen molar-refractivity contribution < 1.29 is 13.0 Å². The first-order valence-corrected chi connectivity index (χ1v) is 10.0. The molecule has 158 valence electrons. The standard InChI is InChI=1S/C15H17N9O5S/c1-8-17-12(23-14(25)18-8)19-9-3-2-4-10(7-9)20-13-21-11(22-15(26)24-13)16-5-6-30(27,28)29/h2-4,7H,5-6H2,1H3,(H,27,28,29)(H2,17,18,19,23,25)(H3,16,20,21,22,24,26). The number of hydrogen-bond donors (Lipinski definition) is 6. The maximum Gasteiger partial charge on any atom is 0.351 e. The zero-order chi connectivity index (χ0) is 21.7. The van der Waals surface area contributed by atoms with Crippen molar-refractivity contribution >= 4 is 39.3 Å². The van der Waals surface area contributed by atoms with Gasteiger partial charge in [-0.25, -0.2) is 9.59 Å². The van der Waals surface area contributed by atoms with Crippen molar-refractivity contribution in [2.45, 2.75) is 6.92 Å². The number of aromatic amines is 2. The van der Waals surface area contributed by atoms with Crippen molar-refractivity contribution in [2.24, 2.45) is 0 Å². The lowest BCUT2D eigenvalue weighted by atomic mass is 10.3. The number of H-pyrrole nitrogens is 2. The minimum atomic E-state index is -4.16. The number of aryl methyl sites for hydroxylation is 1. The second-order valence-electron chi connectivity index (χ2n) is 5.93. The SMILES string of the molecule is Cc1nc(Nc2cccc(Nc3nc(NCCS(=O)(=O)O)nc(=O)[nH]3)c2)nc(=O)[nH]1. The van der Waals surface area contributed by atoms with Gasteiger partial charge in [0.25, 0.3) is 10.1 Å². The molecule has 15 heteroatoms. The summed E-state index contributed by atoms with van der Waals surface area (Å²) in [5.41, 5.74) is -0.164. The monoisotopic (exact) mass is 435 g/mol. The average Bonchev–Trinajstić information content (AvgIpc) is 2.59. The summed E-state index contributed by atoms with van der Waals surface area (Å²) in [5, 5.41) is 8.31. The lowest BCUT2D eigenvalue weighted by molar-refractivity contribution is 0.484. The molecule has 0 saturated carbocycles. The van der Waals surface area contributed by atoms with E-state index in [9.17, 15) is 18.0 Å². The molecule has 0 saturated heterocycles. The van der Waals surface area contributed by atoms with E-state index in [0.29, 0.717) is 17.2 Å². The number of aromatic nitrogens is 6.